The molecule has 0 radical (unpaired) electrons. The van der Waals surface area contributed by atoms with Crippen molar-refractivity contribution < 1.29 is 5.11 Å². The molecule has 20 heavy (non-hydrogen) atoms. The minimum atomic E-state index is -0.117. The Morgan fingerprint density at radius 3 is 2.35 bits per heavy atom. The van der Waals surface area contributed by atoms with Gasteiger partial charge < -0.3 is 15.3 Å². The first kappa shape index (κ1) is 16.3. The third-order valence-electron chi connectivity index (χ3n) is 5.27. The fourth-order valence-electron chi connectivity index (χ4n) is 3.85. The van der Waals surface area contributed by atoms with E-state index < -0.39 is 0 Å². The van der Waals surface area contributed by atoms with Crippen molar-refractivity contribution in [3.05, 3.63) is 0 Å². The van der Waals surface area contributed by atoms with E-state index in [9.17, 15) is 5.11 Å². The number of hydrogen-bond donors (Lipinski definition) is 2. The van der Waals surface area contributed by atoms with Crippen LogP contribution in [-0.2, 0) is 0 Å². The predicted molar refractivity (Wildman–Crippen MR) is 85.0 cm³/mol. The first-order valence-electron chi connectivity index (χ1n) is 8.89. The van der Waals surface area contributed by atoms with Crippen LogP contribution in [0.3, 0.4) is 0 Å². The largest absolute Gasteiger partial charge is 0.392 e. The molecular weight excluding hydrogens is 248 g/mol. The summed E-state index contributed by atoms with van der Waals surface area (Å²) in [5.74, 6) is 0. The SMILES string of the molecule is CN(CCCNC1CCCCCC1O)C1CCCCC1. The molecule has 2 unspecified atom stereocenters. The quantitative estimate of drug-likeness (QED) is 0.581. The Morgan fingerprint density at radius 2 is 1.60 bits per heavy atom. The van der Waals surface area contributed by atoms with Crippen molar-refractivity contribution in [1.29, 1.82) is 0 Å². The zero-order valence-corrected chi connectivity index (χ0v) is 13.3. The highest BCUT2D eigenvalue weighted by molar-refractivity contribution is 4.79. The maximum Gasteiger partial charge on any atom is 0.0693 e. The molecule has 2 atom stereocenters. The van der Waals surface area contributed by atoms with E-state index in [4.69, 9.17) is 0 Å². The highest BCUT2D eigenvalue weighted by Crippen LogP contribution is 2.21. The molecule has 0 bridgehead atoms. The predicted octanol–water partition coefficient (Wildman–Crippen LogP) is 2.92. The van der Waals surface area contributed by atoms with Gasteiger partial charge in [-0.15, -0.1) is 0 Å². The van der Waals surface area contributed by atoms with E-state index in [0.717, 1.165) is 25.4 Å². The molecule has 2 saturated carbocycles. The molecule has 0 aromatic rings. The van der Waals surface area contributed by atoms with E-state index in [1.165, 1.54) is 64.3 Å². The lowest BCUT2D eigenvalue weighted by atomic mass is 9.94. The summed E-state index contributed by atoms with van der Waals surface area (Å²) in [6, 6.07) is 1.17. The second kappa shape index (κ2) is 9.01. The van der Waals surface area contributed by atoms with Gasteiger partial charge >= 0.3 is 0 Å². The van der Waals surface area contributed by atoms with Crippen LogP contribution < -0.4 is 5.32 Å². The minimum Gasteiger partial charge on any atom is -0.392 e. The molecule has 2 aliphatic rings. The van der Waals surface area contributed by atoms with Crippen molar-refractivity contribution in [1.82, 2.24) is 10.2 Å². The fourth-order valence-corrected chi connectivity index (χ4v) is 3.85. The Hall–Kier alpha value is -0.120. The lowest BCUT2D eigenvalue weighted by Crippen LogP contribution is -2.41. The van der Waals surface area contributed by atoms with Crippen molar-refractivity contribution in [3.63, 3.8) is 0 Å². The van der Waals surface area contributed by atoms with Crippen LogP contribution >= 0.6 is 0 Å². The van der Waals surface area contributed by atoms with Crippen molar-refractivity contribution in [2.24, 2.45) is 0 Å². The van der Waals surface area contributed by atoms with Crippen LogP contribution in [0.25, 0.3) is 0 Å². The maximum absolute atomic E-state index is 10.1. The molecule has 2 aliphatic carbocycles. The molecule has 0 spiro atoms. The molecule has 3 nitrogen and oxygen atoms in total. The van der Waals surface area contributed by atoms with Crippen LogP contribution in [0, 0.1) is 0 Å². The highest BCUT2D eigenvalue weighted by Gasteiger charge is 2.21. The number of aliphatic hydroxyl groups is 1. The van der Waals surface area contributed by atoms with Gasteiger partial charge in [0.05, 0.1) is 6.10 Å². The molecule has 0 heterocycles. The third-order valence-corrected chi connectivity index (χ3v) is 5.27. The first-order chi connectivity index (χ1) is 9.77. The number of rotatable bonds is 6. The number of nitrogens with one attached hydrogen (secondary N) is 1. The van der Waals surface area contributed by atoms with Gasteiger partial charge in [-0.3, -0.25) is 0 Å². The van der Waals surface area contributed by atoms with Gasteiger partial charge in [0.15, 0.2) is 0 Å². The van der Waals surface area contributed by atoms with Crippen LogP contribution in [0.4, 0.5) is 0 Å². The van der Waals surface area contributed by atoms with Gasteiger partial charge in [0, 0.05) is 12.1 Å². The van der Waals surface area contributed by atoms with Crippen molar-refractivity contribution in [2.45, 2.75) is 88.8 Å². The molecule has 0 saturated heterocycles. The van der Waals surface area contributed by atoms with E-state index >= 15 is 0 Å². The fraction of sp³-hybridized carbons (Fsp3) is 1.00. The lowest BCUT2D eigenvalue weighted by Gasteiger charge is -2.31. The van der Waals surface area contributed by atoms with Crippen molar-refractivity contribution in [2.75, 3.05) is 20.1 Å². The first-order valence-corrected chi connectivity index (χ1v) is 8.89. The van der Waals surface area contributed by atoms with E-state index in [1.807, 2.05) is 0 Å². The molecule has 0 aromatic heterocycles. The van der Waals surface area contributed by atoms with Crippen LogP contribution in [0.15, 0.2) is 0 Å². The molecule has 118 valence electrons. The van der Waals surface area contributed by atoms with Gasteiger partial charge in [0.25, 0.3) is 0 Å². The van der Waals surface area contributed by atoms with Crippen LogP contribution in [-0.4, -0.2) is 48.3 Å². The molecule has 2 N–H and O–H groups in total. The van der Waals surface area contributed by atoms with Crippen molar-refractivity contribution in [3.8, 4) is 0 Å². The summed E-state index contributed by atoms with van der Waals surface area (Å²) in [7, 11) is 2.29. The van der Waals surface area contributed by atoms with Gasteiger partial charge in [-0.05, 0) is 52.2 Å². The number of aliphatic hydroxyl groups excluding tert-OH is 1. The van der Waals surface area contributed by atoms with E-state index in [0.29, 0.717) is 6.04 Å². The topological polar surface area (TPSA) is 35.5 Å². The second-order valence-electron chi connectivity index (χ2n) is 6.89. The summed E-state index contributed by atoms with van der Waals surface area (Å²) in [4.78, 5) is 2.56. The molecule has 0 amide bonds. The smallest absolute Gasteiger partial charge is 0.0693 e. The number of hydrogen-bond acceptors (Lipinski definition) is 3. The second-order valence-corrected chi connectivity index (χ2v) is 6.89. The monoisotopic (exact) mass is 282 g/mol. The summed E-state index contributed by atoms with van der Waals surface area (Å²) < 4.78 is 0. The normalized spacial score (nSPS) is 29.6. The molecule has 0 aromatic carbocycles. The van der Waals surface area contributed by atoms with E-state index in [1.54, 1.807) is 0 Å². The summed E-state index contributed by atoms with van der Waals surface area (Å²) >= 11 is 0. The van der Waals surface area contributed by atoms with E-state index in [2.05, 4.69) is 17.3 Å². The van der Waals surface area contributed by atoms with E-state index in [-0.39, 0.29) is 6.10 Å². The molecule has 2 rings (SSSR count). The Morgan fingerprint density at radius 1 is 0.950 bits per heavy atom. The third kappa shape index (κ3) is 5.34. The minimum absolute atomic E-state index is 0.117. The van der Waals surface area contributed by atoms with Gasteiger partial charge in [-0.1, -0.05) is 38.5 Å². The molecule has 0 aliphatic heterocycles. The lowest BCUT2D eigenvalue weighted by molar-refractivity contribution is 0.118. The summed E-state index contributed by atoms with van der Waals surface area (Å²) in [6.07, 6.45) is 14.1. The highest BCUT2D eigenvalue weighted by atomic mass is 16.3. The maximum atomic E-state index is 10.1. The van der Waals surface area contributed by atoms with Crippen LogP contribution in [0.2, 0.25) is 0 Å². The Balaban J connectivity index is 1.58. The Bertz CT molecular complexity index is 253. The van der Waals surface area contributed by atoms with Gasteiger partial charge in [-0.2, -0.15) is 0 Å². The van der Waals surface area contributed by atoms with Crippen LogP contribution in [0.5, 0.6) is 0 Å². The standard InChI is InChI=1S/C17H34N2O/c1-19(15-9-4-2-5-10-15)14-8-13-18-16-11-6-3-7-12-17(16)20/h15-18,20H,2-14H2,1H3. The average Bonchev–Trinajstić information content (AvgIpc) is 2.69. The summed E-state index contributed by atoms with van der Waals surface area (Å²) in [5, 5.41) is 13.7. The van der Waals surface area contributed by atoms with Gasteiger partial charge in [-0.25, -0.2) is 0 Å². The Kier molecular flexibility index (Phi) is 7.32. The average molecular weight is 282 g/mol. The van der Waals surface area contributed by atoms with Gasteiger partial charge in [0.2, 0.25) is 0 Å². The molecular formula is C17H34N2O. The number of nitrogens with zero attached hydrogens (tertiary/aromatic N) is 1. The Labute approximate surface area is 125 Å². The van der Waals surface area contributed by atoms with Crippen molar-refractivity contribution >= 4 is 0 Å². The summed E-state index contributed by atoms with van der Waals surface area (Å²) in [5.41, 5.74) is 0. The van der Waals surface area contributed by atoms with Gasteiger partial charge in [0.1, 0.15) is 0 Å². The summed E-state index contributed by atoms with van der Waals surface area (Å²) in [6.45, 7) is 2.25. The molecule has 3 heteroatoms. The molecule has 2 fully saturated rings. The zero-order valence-electron chi connectivity index (χ0n) is 13.3. The zero-order chi connectivity index (χ0) is 14.2. The van der Waals surface area contributed by atoms with Crippen LogP contribution in [0.1, 0.15) is 70.6 Å².